The van der Waals surface area contributed by atoms with Crippen molar-refractivity contribution in [3.8, 4) is 0 Å². The standard InChI is InChI=1S/C6H9NO2.ClH/c7-4-2-5-3(4)1-6(8)9-5;/h3-5H,1-2,7H2;1H. The van der Waals surface area contributed by atoms with Gasteiger partial charge in [-0.05, 0) is 0 Å². The van der Waals surface area contributed by atoms with E-state index < -0.39 is 0 Å². The molecule has 0 aromatic carbocycles. The minimum absolute atomic E-state index is 0. The van der Waals surface area contributed by atoms with Gasteiger partial charge < -0.3 is 10.5 Å². The number of nitrogens with two attached hydrogens (primary N) is 1. The Bertz CT molecular complexity index is 162. The molecule has 3 nitrogen and oxygen atoms in total. The largest absolute Gasteiger partial charge is 0.462 e. The number of carbonyl (C=O) groups excluding carboxylic acids is 1. The summed E-state index contributed by atoms with van der Waals surface area (Å²) in [7, 11) is 0. The van der Waals surface area contributed by atoms with Gasteiger partial charge in [-0.2, -0.15) is 0 Å². The quantitative estimate of drug-likeness (QED) is 0.515. The van der Waals surface area contributed by atoms with Crippen LogP contribution in [0.1, 0.15) is 12.8 Å². The van der Waals surface area contributed by atoms with Gasteiger partial charge in [0.1, 0.15) is 6.10 Å². The van der Waals surface area contributed by atoms with E-state index in [9.17, 15) is 4.79 Å². The van der Waals surface area contributed by atoms with Gasteiger partial charge in [-0.15, -0.1) is 12.4 Å². The van der Waals surface area contributed by atoms with Crippen molar-refractivity contribution in [3.63, 3.8) is 0 Å². The van der Waals surface area contributed by atoms with E-state index in [-0.39, 0.29) is 30.5 Å². The van der Waals surface area contributed by atoms with Crippen molar-refractivity contribution < 1.29 is 9.53 Å². The van der Waals surface area contributed by atoms with E-state index in [1.807, 2.05) is 0 Å². The molecule has 10 heavy (non-hydrogen) atoms. The highest BCUT2D eigenvalue weighted by molar-refractivity contribution is 5.85. The maximum atomic E-state index is 10.6. The van der Waals surface area contributed by atoms with Crippen LogP contribution in [0.25, 0.3) is 0 Å². The van der Waals surface area contributed by atoms with Crippen LogP contribution in [0.3, 0.4) is 0 Å². The molecule has 4 heteroatoms. The second kappa shape index (κ2) is 2.40. The van der Waals surface area contributed by atoms with Crippen molar-refractivity contribution >= 4 is 18.4 Å². The Morgan fingerprint density at radius 2 is 2.30 bits per heavy atom. The van der Waals surface area contributed by atoms with Crippen molar-refractivity contribution in [1.29, 1.82) is 0 Å². The average molecular weight is 164 g/mol. The topological polar surface area (TPSA) is 52.3 Å². The lowest BCUT2D eigenvalue weighted by Crippen LogP contribution is -2.48. The lowest BCUT2D eigenvalue weighted by Gasteiger charge is -2.34. The van der Waals surface area contributed by atoms with Gasteiger partial charge in [-0.3, -0.25) is 4.79 Å². The molecule has 2 fully saturated rings. The molecular formula is C6H10ClNO2. The highest BCUT2D eigenvalue weighted by atomic mass is 35.5. The van der Waals surface area contributed by atoms with Gasteiger partial charge in [0.05, 0.1) is 6.42 Å². The normalized spacial score (nSPS) is 42.9. The third-order valence-electron chi connectivity index (χ3n) is 2.22. The first kappa shape index (κ1) is 7.82. The molecule has 3 unspecified atom stereocenters. The maximum Gasteiger partial charge on any atom is 0.306 e. The minimum Gasteiger partial charge on any atom is -0.462 e. The van der Waals surface area contributed by atoms with Crippen molar-refractivity contribution in [1.82, 2.24) is 0 Å². The first-order chi connectivity index (χ1) is 4.27. The van der Waals surface area contributed by atoms with Crippen LogP contribution >= 0.6 is 12.4 Å². The SMILES string of the molecule is Cl.NC1CC2OC(=O)CC12. The first-order valence-corrected chi connectivity index (χ1v) is 3.22. The first-order valence-electron chi connectivity index (χ1n) is 3.22. The van der Waals surface area contributed by atoms with E-state index in [1.54, 1.807) is 0 Å². The van der Waals surface area contributed by atoms with E-state index in [0.717, 1.165) is 6.42 Å². The zero-order valence-electron chi connectivity index (χ0n) is 5.45. The van der Waals surface area contributed by atoms with Crippen LogP contribution in [0.5, 0.6) is 0 Å². The summed E-state index contributed by atoms with van der Waals surface area (Å²) in [5.41, 5.74) is 5.59. The molecule has 0 bridgehead atoms. The highest BCUT2D eigenvalue weighted by Gasteiger charge is 2.47. The fraction of sp³-hybridized carbons (Fsp3) is 0.833. The number of carbonyl (C=O) groups is 1. The van der Waals surface area contributed by atoms with Crippen LogP contribution < -0.4 is 5.73 Å². The second-order valence-corrected chi connectivity index (χ2v) is 2.80. The Labute approximate surface area is 65.3 Å². The smallest absolute Gasteiger partial charge is 0.306 e. The molecular weight excluding hydrogens is 154 g/mol. The molecule has 0 radical (unpaired) electrons. The predicted molar refractivity (Wildman–Crippen MR) is 37.8 cm³/mol. The lowest BCUT2D eigenvalue weighted by molar-refractivity contribution is -0.143. The zero-order valence-corrected chi connectivity index (χ0v) is 6.26. The van der Waals surface area contributed by atoms with E-state index in [4.69, 9.17) is 10.5 Å². The Kier molecular flexibility index (Phi) is 1.88. The summed E-state index contributed by atoms with van der Waals surface area (Å²) in [5, 5.41) is 0. The highest BCUT2D eigenvalue weighted by Crippen LogP contribution is 2.37. The molecule has 3 atom stereocenters. The van der Waals surface area contributed by atoms with Crippen LogP contribution in [0, 0.1) is 5.92 Å². The van der Waals surface area contributed by atoms with Crippen molar-refractivity contribution in [2.75, 3.05) is 0 Å². The number of hydrogen-bond donors (Lipinski definition) is 1. The molecule has 1 heterocycles. The fourth-order valence-electron chi connectivity index (χ4n) is 1.53. The molecule has 0 spiro atoms. The van der Waals surface area contributed by atoms with Gasteiger partial charge in [0.2, 0.25) is 0 Å². The summed E-state index contributed by atoms with van der Waals surface area (Å²) in [6, 6.07) is 0.224. The van der Waals surface area contributed by atoms with E-state index in [2.05, 4.69) is 0 Å². The summed E-state index contributed by atoms with van der Waals surface area (Å²) in [6.45, 7) is 0. The third-order valence-corrected chi connectivity index (χ3v) is 2.22. The molecule has 0 amide bonds. The van der Waals surface area contributed by atoms with Crippen LogP contribution in [0.15, 0.2) is 0 Å². The van der Waals surface area contributed by atoms with Crippen molar-refractivity contribution in [3.05, 3.63) is 0 Å². The number of ether oxygens (including phenoxy) is 1. The fourth-order valence-corrected chi connectivity index (χ4v) is 1.53. The lowest BCUT2D eigenvalue weighted by atomic mass is 9.77. The Balaban J connectivity index is 0.000000500. The molecule has 2 N–H and O–H groups in total. The van der Waals surface area contributed by atoms with E-state index >= 15 is 0 Å². The van der Waals surface area contributed by atoms with Gasteiger partial charge in [0, 0.05) is 18.4 Å². The third kappa shape index (κ3) is 0.896. The number of esters is 1. The van der Waals surface area contributed by atoms with E-state index in [1.165, 1.54) is 0 Å². The Morgan fingerprint density at radius 3 is 2.70 bits per heavy atom. The molecule has 0 aromatic heterocycles. The van der Waals surface area contributed by atoms with Gasteiger partial charge in [0.15, 0.2) is 0 Å². The summed E-state index contributed by atoms with van der Waals surface area (Å²) in [6.07, 6.45) is 1.59. The molecule has 1 saturated heterocycles. The van der Waals surface area contributed by atoms with Gasteiger partial charge in [-0.25, -0.2) is 0 Å². The van der Waals surface area contributed by atoms with Crippen LogP contribution in [0.2, 0.25) is 0 Å². The molecule has 1 aliphatic heterocycles. The zero-order chi connectivity index (χ0) is 6.43. The molecule has 1 saturated carbocycles. The second-order valence-electron chi connectivity index (χ2n) is 2.80. The summed E-state index contributed by atoms with van der Waals surface area (Å²) >= 11 is 0. The molecule has 2 aliphatic rings. The van der Waals surface area contributed by atoms with Crippen molar-refractivity contribution in [2.45, 2.75) is 25.0 Å². The molecule has 1 aliphatic carbocycles. The van der Waals surface area contributed by atoms with Gasteiger partial charge >= 0.3 is 5.97 Å². The van der Waals surface area contributed by atoms with Crippen molar-refractivity contribution in [2.24, 2.45) is 11.7 Å². The Morgan fingerprint density at radius 1 is 1.60 bits per heavy atom. The minimum atomic E-state index is -0.0713. The van der Waals surface area contributed by atoms with Gasteiger partial charge in [0.25, 0.3) is 0 Å². The number of hydrogen-bond acceptors (Lipinski definition) is 3. The molecule has 58 valence electrons. The molecule has 2 rings (SSSR count). The molecule has 0 aromatic rings. The van der Waals surface area contributed by atoms with Crippen LogP contribution in [0.4, 0.5) is 0 Å². The van der Waals surface area contributed by atoms with Crippen LogP contribution in [-0.2, 0) is 9.53 Å². The van der Waals surface area contributed by atoms with Crippen LogP contribution in [-0.4, -0.2) is 18.1 Å². The monoisotopic (exact) mass is 163 g/mol. The Hall–Kier alpha value is -0.280. The number of fused-ring (bicyclic) bond motifs is 1. The average Bonchev–Trinajstić information content (AvgIpc) is 2.08. The van der Waals surface area contributed by atoms with Gasteiger partial charge in [-0.1, -0.05) is 0 Å². The summed E-state index contributed by atoms with van der Waals surface area (Å²) in [5.74, 6) is 0.274. The maximum absolute atomic E-state index is 10.6. The number of halogens is 1. The summed E-state index contributed by atoms with van der Waals surface area (Å²) in [4.78, 5) is 10.6. The number of rotatable bonds is 0. The summed E-state index contributed by atoms with van der Waals surface area (Å²) < 4.78 is 4.91. The van der Waals surface area contributed by atoms with E-state index in [0.29, 0.717) is 12.3 Å². The predicted octanol–water partition coefficient (Wildman–Crippen LogP) is 0.0709.